The molecule has 2 heterocycles. The van der Waals surface area contributed by atoms with E-state index in [1.54, 1.807) is 0 Å². The van der Waals surface area contributed by atoms with Gasteiger partial charge in [0, 0.05) is 32.6 Å². The van der Waals surface area contributed by atoms with Crippen molar-refractivity contribution < 1.29 is 4.42 Å². The van der Waals surface area contributed by atoms with Gasteiger partial charge in [-0.25, -0.2) is 0 Å². The molecule has 0 amide bonds. The lowest BCUT2D eigenvalue weighted by atomic mass is 10.0. The van der Waals surface area contributed by atoms with Crippen LogP contribution in [0.2, 0.25) is 0 Å². The van der Waals surface area contributed by atoms with Crippen LogP contribution < -0.4 is 0 Å². The van der Waals surface area contributed by atoms with E-state index in [1.807, 2.05) is 12.1 Å². The first-order valence-electron chi connectivity index (χ1n) is 10.6. The number of hydrogen-bond donors (Lipinski definition) is 0. The first kappa shape index (κ1) is 16.7. The smallest absolute Gasteiger partial charge is 0.143 e. The van der Waals surface area contributed by atoms with Crippen LogP contribution in [0.1, 0.15) is 5.56 Å². The van der Waals surface area contributed by atoms with Crippen molar-refractivity contribution in [3.8, 4) is 5.69 Å². The van der Waals surface area contributed by atoms with Crippen LogP contribution in [0.3, 0.4) is 0 Å². The first-order chi connectivity index (χ1) is 15.3. The van der Waals surface area contributed by atoms with Gasteiger partial charge in [0.05, 0.1) is 11.0 Å². The number of hydrogen-bond acceptors (Lipinski definition) is 1. The van der Waals surface area contributed by atoms with E-state index in [1.165, 1.54) is 49.2 Å². The summed E-state index contributed by atoms with van der Waals surface area (Å²) in [4.78, 5) is 0. The van der Waals surface area contributed by atoms with Gasteiger partial charge in [0.15, 0.2) is 0 Å². The van der Waals surface area contributed by atoms with Crippen LogP contribution in [0.4, 0.5) is 0 Å². The molecule has 0 radical (unpaired) electrons. The van der Waals surface area contributed by atoms with E-state index in [0.29, 0.717) is 0 Å². The average Bonchev–Trinajstić information content (AvgIpc) is 3.34. The van der Waals surface area contributed by atoms with Crippen molar-refractivity contribution in [1.82, 2.24) is 4.57 Å². The molecule has 0 bridgehead atoms. The van der Waals surface area contributed by atoms with Crippen LogP contribution >= 0.6 is 0 Å². The maximum atomic E-state index is 6.34. The van der Waals surface area contributed by atoms with E-state index in [0.717, 1.165) is 16.6 Å². The third-order valence-electron chi connectivity index (χ3n) is 6.44. The Morgan fingerprint density at radius 3 is 2.23 bits per heavy atom. The largest absolute Gasteiger partial charge is 0.455 e. The standard InChI is InChI=1S/C29H19NO/c1-18-10-13-20(14-11-18)30-26-8-4-2-6-21(26)25-16-19-12-15-23-22-7-3-5-9-28(22)31-29(23)24(19)17-27(25)30/h2-17H,1H3. The minimum Gasteiger partial charge on any atom is -0.455 e. The van der Waals surface area contributed by atoms with E-state index in [9.17, 15) is 0 Å². The van der Waals surface area contributed by atoms with E-state index >= 15 is 0 Å². The zero-order valence-electron chi connectivity index (χ0n) is 17.1. The summed E-state index contributed by atoms with van der Waals surface area (Å²) in [6, 6.07) is 34.7. The Morgan fingerprint density at radius 1 is 0.581 bits per heavy atom. The number of aryl methyl sites for hydroxylation is 1. The second-order valence-corrected chi connectivity index (χ2v) is 8.32. The van der Waals surface area contributed by atoms with E-state index in [-0.39, 0.29) is 0 Å². The average molecular weight is 397 g/mol. The molecule has 0 atom stereocenters. The highest BCUT2D eigenvalue weighted by atomic mass is 16.3. The number of fused-ring (bicyclic) bond motifs is 8. The number of rotatable bonds is 1. The van der Waals surface area contributed by atoms with Gasteiger partial charge in [-0.2, -0.15) is 0 Å². The fourth-order valence-corrected chi connectivity index (χ4v) is 4.94. The predicted molar refractivity (Wildman–Crippen MR) is 130 cm³/mol. The molecular weight excluding hydrogens is 378 g/mol. The highest BCUT2D eigenvalue weighted by Gasteiger charge is 2.16. The Hall–Kier alpha value is -4.04. The lowest BCUT2D eigenvalue weighted by Gasteiger charge is -2.09. The lowest BCUT2D eigenvalue weighted by molar-refractivity contribution is 0.672. The van der Waals surface area contributed by atoms with Gasteiger partial charge in [-0.15, -0.1) is 0 Å². The Morgan fingerprint density at radius 2 is 1.35 bits per heavy atom. The quantitative estimate of drug-likeness (QED) is 0.273. The van der Waals surface area contributed by atoms with E-state index in [2.05, 4.69) is 96.4 Å². The molecule has 2 heteroatoms. The number of para-hydroxylation sites is 2. The van der Waals surface area contributed by atoms with Crippen molar-refractivity contribution in [2.24, 2.45) is 0 Å². The highest BCUT2D eigenvalue weighted by Crippen LogP contribution is 2.39. The van der Waals surface area contributed by atoms with Gasteiger partial charge in [-0.05, 0) is 54.8 Å². The molecule has 0 fully saturated rings. The molecule has 146 valence electrons. The molecule has 5 aromatic carbocycles. The molecule has 7 rings (SSSR count). The Balaban J connectivity index is 1.68. The number of furan rings is 1. The Kier molecular flexibility index (Phi) is 3.23. The van der Waals surface area contributed by atoms with Crippen LogP contribution in [-0.4, -0.2) is 4.57 Å². The number of aromatic nitrogens is 1. The van der Waals surface area contributed by atoms with Crippen molar-refractivity contribution in [3.63, 3.8) is 0 Å². The Bertz CT molecular complexity index is 1780. The highest BCUT2D eigenvalue weighted by molar-refractivity contribution is 6.20. The summed E-state index contributed by atoms with van der Waals surface area (Å²) in [5.41, 5.74) is 6.75. The molecule has 2 aromatic heterocycles. The SMILES string of the molecule is Cc1ccc(-n2c3ccccc3c3cc4ccc5c6ccccc6oc5c4cc32)cc1. The van der Waals surface area contributed by atoms with E-state index in [4.69, 9.17) is 4.42 Å². The predicted octanol–water partition coefficient (Wildman–Crippen LogP) is 8.14. The van der Waals surface area contributed by atoms with Gasteiger partial charge in [-0.1, -0.05) is 60.2 Å². The van der Waals surface area contributed by atoms with Gasteiger partial charge in [0.1, 0.15) is 11.2 Å². The molecule has 0 aliphatic heterocycles. The molecule has 2 nitrogen and oxygen atoms in total. The number of benzene rings is 5. The topological polar surface area (TPSA) is 18.1 Å². The maximum Gasteiger partial charge on any atom is 0.143 e. The molecule has 0 saturated heterocycles. The summed E-state index contributed by atoms with van der Waals surface area (Å²) >= 11 is 0. The summed E-state index contributed by atoms with van der Waals surface area (Å²) < 4.78 is 8.71. The van der Waals surface area contributed by atoms with Crippen molar-refractivity contribution in [1.29, 1.82) is 0 Å². The Labute approximate surface area is 178 Å². The van der Waals surface area contributed by atoms with Crippen LogP contribution in [-0.2, 0) is 0 Å². The first-order valence-corrected chi connectivity index (χ1v) is 10.6. The summed E-state index contributed by atoms with van der Waals surface area (Å²) in [5.74, 6) is 0. The molecule has 0 saturated carbocycles. The summed E-state index contributed by atoms with van der Waals surface area (Å²) in [6.45, 7) is 2.13. The van der Waals surface area contributed by atoms with Gasteiger partial charge >= 0.3 is 0 Å². The molecule has 0 unspecified atom stereocenters. The monoisotopic (exact) mass is 397 g/mol. The summed E-state index contributed by atoms with van der Waals surface area (Å²) in [6.07, 6.45) is 0. The van der Waals surface area contributed by atoms with E-state index < -0.39 is 0 Å². The lowest BCUT2D eigenvalue weighted by Crippen LogP contribution is -1.93. The van der Waals surface area contributed by atoms with Crippen molar-refractivity contribution in [2.45, 2.75) is 6.92 Å². The van der Waals surface area contributed by atoms with Crippen molar-refractivity contribution >= 4 is 54.5 Å². The third-order valence-corrected chi connectivity index (χ3v) is 6.44. The normalized spacial score (nSPS) is 12.0. The third kappa shape index (κ3) is 2.27. The molecular formula is C29H19NO. The molecule has 0 aliphatic carbocycles. The molecule has 31 heavy (non-hydrogen) atoms. The van der Waals surface area contributed by atoms with Gasteiger partial charge in [-0.3, -0.25) is 0 Å². The second kappa shape index (κ2) is 5.99. The van der Waals surface area contributed by atoms with Gasteiger partial charge in [0.25, 0.3) is 0 Å². The molecule has 0 N–H and O–H groups in total. The minimum absolute atomic E-state index is 0.934. The molecule has 7 aromatic rings. The molecule has 0 aliphatic rings. The van der Waals surface area contributed by atoms with Crippen molar-refractivity contribution in [2.75, 3.05) is 0 Å². The van der Waals surface area contributed by atoms with Crippen molar-refractivity contribution in [3.05, 3.63) is 103 Å². The van der Waals surface area contributed by atoms with Crippen LogP contribution in [0.15, 0.2) is 101 Å². The van der Waals surface area contributed by atoms with Crippen LogP contribution in [0.5, 0.6) is 0 Å². The maximum absolute atomic E-state index is 6.34. The summed E-state index contributed by atoms with van der Waals surface area (Å²) in [7, 11) is 0. The van der Waals surface area contributed by atoms with Crippen LogP contribution in [0.25, 0.3) is 60.2 Å². The van der Waals surface area contributed by atoms with Crippen LogP contribution in [0, 0.1) is 6.92 Å². The second-order valence-electron chi connectivity index (χ2n) is 8.32. The fraction of sp³-hybridized carbons (Fsp3) is 0.0345. The zero-order chi connectivity index (χ0) is 20.5. The number of nitrogens with zero attached hydrogens (tertiary/aromatic N) is 1. The fourth-order valence-electron chi connectivity index (χ4n) is 4.94. The summed E-state index contributed by atoms with van der Waals surface area (Å²) in [5, 5.41) is 7.21. The zero-order valence-corrected chi connectivity index (χ0v) is 17.1. The molecule has 0 spiro atoms. The minimum atomic E-state index is 0.934. The van der Waals surface area contributed by atoms with Gasteiger partial charge in [0.2, 0.25) is 0 Å². The van der Waals surface area contributed by atoms with Gasteiger partial charge < -0.3 is 8.98 Å².